The molecule has 2 aromatic carbocycles. The van der Waals surface area contributed by atoms with Gasteiger partial charge >= 0.3 is 12.2 Å². The van der Waals surface area contributed by atoms with E-state index in [0.717, 1.165) is 49.9 Å². The largest absolute Gasteiger partial charge is 1.00 e. The fourth-order valence-electron chi connectivity index (χ4n) is 3.55. The summed E-state index contributed by atoms with van der Waals surface area (Å²) in [5, 5.41) is 5.63. The molecule has 0 atom stereocenters. The van der Waals surface area contributed by atoms with Crippen molar-refractivity contribution in [3.8, 4) is 11.5 Å². The molecule has 8 nitrogen and oxygen atoms in total. The van der Waals surface area contributed by atoms with Crippen LogP contribution in [0.25, 0.3) is 0 Å². The normalized spacial score (nSPS) is 11.0. The van der Waals surface area contributed by atoms with Crippen LogP contribution < -0.4 is 77.0 Å². The number of hydrogen-bond acceptors (Lipinski definition) is 4. The molecule has 0 bridgehead atoms. The Balaban J connectivity index is 0.00000684. The first kappa shape index (κ1) is 36.4. The third kappa shape index (κ3) is 14.5. The van der Waals surface area contributed by atoms with Gasteiger partial charge in [-0.3, -0.25) is 8.97 Å². The molecule has 2 N–H and O–H groups in total. The van der Waals surface area contributed by atoms with E-state index in [4.69, 9.17) is 9.47 Å². The third-order valence-electron chi connectivity index (χ3n) is 5.75. The Morgan fingerprint density at radius 2 is 0.947 bits per heavy atom. The van der Waals surface area contributed by atoms with E-state index in [-0.39, 0.29) is 48.0 Å². The molecule has 0 radical (unpaired) electrons. The van der Waals surface area contributed by atoms with Crippen molar-refractivity contribution in [2.75, 3.05) is 55.4 Å². The van der Waals surface area contributed by atoms with Crippen molar-refractivity contribution in [3.63, 3.8) is 0 Å². The summed E-state index contributed by atoms with van der Waals surface area (Å²) in [5.41, 5.74) is 2.13. The Morgan fingerprint density at radius 1 is 0.605 bits per heavy atom. The van der Waals surface area contributed by atoms with E-state index in [2.05, 4.69) is 52.9 Å². The van der Waals surface area contributed by atoms with Crippen LogP contribution in [0.1, 0.15) is 38.5 Å². The van der Waals surface area contributed by atoms with Crippen molar-refractivity contribution in [1.82, 2.24) is 19.6 Å². The van der Waals surface area contributed by atoms with Gasteiger partial charge in [-0.25, -0.2) is 9.59 Å². The summed E-state index contributed by atoms with van der Waals surface area (Å²) in [6, 6.07) is 15.2. The van der Waals surface area contributed by atoms with E-state index >= 15 is 0 Å². The van der Waals surface area contributed by atoms with Gasteiger partial charge in [-0.05, 0) is 37.1 Å². The summed E-state index contributed by atoms with van der Waals surface area (Å²) in [7, 11) is 12.4. The lowest BCUT2D eigenvalue weighted by Gasteiger charge is -2.23. The molecule has 38 heavy (non-hydrogen) atoms. The number of halogens is 2. The lowest BCUT2D eigenvalue weighted by molar-refractivity contribution is -0.00100. The second-order valence-corrected chi connectivity index (χ2v) is 10.8. The van der Waals surface area contributed by atoms with Crippen LogP contribution in [0.15, 0.2) is 48.5 Å². The summed E-state index contributed by atoms with van der Waals surface area (Å²) in [5.74, 6) is 1.10. The molecular weight excluding hydrogens is 710 g/mol. The standard InChI is InChI=1S/C28H42N4O4.2HI/c1-31(2,3)23-15-13-17-25(21-23)35-27(33)29-19-11-9-7-8-10-12-20-30-28(34)36-26-18-14-16-24(22-26)32(4,5)6;;/h13-18,21-22H,7-12,19-20H2,1-6H3;2*1H. The molecule has 0 saturated carbocycles. The van der Waals surface area contributed by atoms with Crippen LogP contribution in [-0.2, 0) is 0 Å². The average molecular weight is 754 g/mol. The molecule has 0 fully saturated rings. The number of benzene rings is 2. The first-order chi connectivity index (χ1) is 16.9. The number of ether oxygens (including phenoxy) is 2. The number of hydrogen-bond donors (Lipinski definition) is 2. The van der Waals surface area contributed by atoms with Gasteiger partial charge in [0.1, 0.15) is 22.9 Å². The van der Waals surface area contributed by atoms with E-state index in [1.54, 1.807) is 12.1 Å². The van der Waals surface area contributed by atoms with Gasteiger partial charge in [0.2, 0.25) is 0 Å². The number of amides is 2. The highest BCUT2D eigenvalue weighted by atomic mass is 127. The van der Waals surface area contributed by atoms with E-state index in [1.165, 1.54) is 0 Å². The lowest BCUT2D eigenvalue weighted by Crippen LogP contribution is -3.00. The highest BCUT2D eigenvalue weighted by molar-refractivity contribution is 5.71. The van der Waals surface area contributed by atoms with E-state index in [1.807, 2.05) is 36.4 Å². The van der Waals surface area contributed by atoms with E-state index in [0.29, 0.717) is 33.6 Å². The molecule has 10 heteroatoms. The topological polar surface area (TPSA) is 76.7 Å². The fourth-order valence-corrected chi connectivity index (χ4v) is 3.55. The van der Waals surface area contributed by atoms with Crippen molar-refractivity contribution >= 4 is 23.6 Å². The molecule has 0 aliphatic carbocycles. The number of carbonyl (C=O) groups is 2. The Labute approximate surface area is 262 Å². The molecule has 0 spiro atoms. The first-order valence-corrected chi connectivity index (χ1v) is 12.7. The summed E-state index contributed by atoms with van der Waals surface area (Å²) < 4.78 is 12.1. The predicted molar refractivity (Wildman–Crippen MR) is 148 cm³/mol. The molecule has 214 valence electrons. The molecule has 0 unspecified atom stereocenters. The number of nitrogens with one attached hydrogen (secondary N) is 2. The van der Waals surface area contributed by atoms with Crippen molar-refractivity contribution in [3.05, 3.63) is 48.5 Å². The SMILES string of the molecule is C[N+](C)(C)c1cccc(OC(=O)NCCCCCCCCNC(=O)Oc2cccc([N+](C)(C)C)c2)c1.[I-].[I-]. The summed E-state index contributed by atoms with van der Waals surface area (Å²) >= 11 is 0. The maximum absolute atomic E-state index is 12.0. The predicted octanol–water partition coefficient (Wildman–Crippen LogP) is -0.694. The van der Waals surface area contributed by atoms with Crippen molar-refractivity contribution in [1.29, 1.82) is 0 Å². The zero-order valence-corrected chi connectivity index (χ0v) is 27.9. The second-order valence-electron chi connectivity index (χ2n) is 10.8. The third-order valence-corrected chi connectivity index (χ3v) is 5.75. The van der Waals surface area contributed by atoms with Crippen LogP contribution in [0.2, 0.25) is 0 Å². The quantitative estimate of drug-likeness (QED) is 0.162. The van der Waals surface area contributed by atoms with Crippen molar-refractivity contribution in [2.24, 2.45) is 0 Å². The average Bonchev–Trinajstić information content (AvgIpc) is 2.79. The maximum Gasteiger partial charge on any atom is 0.412 e. The van der Waals surface area contributed by atoms with Gasteiger partial charge in [0.15, 0.2) is 0 Å². The minimum atomic E-state index is -0.421. The second kappa shape index (κ2) is 17.9. The molecule has 0 saturated heterocycles. The Morgan fingerprint density at radius 3 is 1.29 bits per heavy atom. The lowest BCUT2D eigenvalue weighted by atomic mass is 10.1. The maximum atomic E-state index is 12.0. The monoisotopic (exact) mass is 754 g/mol. The summed E-state index contributed by atoms with van der Waals surface area (Å²) in [6.07, 6.45) is 5.22. The molecule has 2 rings (SSSR count). The summed E-state index contributed by atoms with van der Waals surface area (Å²) in [6.45, 7) is 1.19. The van der Waals surface area contributed by atoms with Crippen LogP contribution in [0.4, 0.5) is 21.0 Å². The van der Waals surface area contributed by atoms with Gasteiger partial charge in [-0.1, -0.05) is 37.8 Å². The van der Waals surface area contributed by atoms with Crippen LogP contribution in [-0.4, -0.2) is 67.6 Å². The molecule has 0 aromatic heterocycles. The Bertz CT molecular complexity index is 912. The number of unbranched alkanes of at least 4 members (excludes halogenated alkanes) is 5. The molecule has 0 aliphatic rings. The molecular formula is C28H44I2N4O4. The minimum Gasteiger partial charge on any atom is -1.00 e. The van der Waals surface area contributed by atoms with E-state index < -0.39 is 12.2 Å². The minimum absolute atomic E-state index is 0. The Kier molecular flexibility index (Phi) is 17.1. The van der Waals surface area contributed by atoms with E-state index in [9.17, 15) is 9.59 Å². The van der Waals surface area contributed by atoms with Crippen molar-refractivity contribution in [2.45, 2.75) is 38.5 Å². The van der Waals surface area contributed by atoms with Crippen LogP contribution in [0.5, 0.6) is 11.5 Å². The van der Waals surface area contributed by atoms with Gasteiger partial charge in [0, 0.05) is 25.2 Å². The molecule has 0 aliphatic heterocycles. The molecule has 2 amide bonds. The highest BCUT2D eigenvalue weighted by Gasteiger charge is 2.15. The fraction of sp³-hybridized carbons (Fsp3) is 0.500. The van der Waals surface area contributed by atoms with Gasteiger partial charge < -0.3 is 68.1 Å². The number of carbonyl (C=O) groups excluding carboxylic acids is 2. The van der Waals surface area contributed by atoms with Gasteiger partial charge in [-0.2, -0.15) is 0 Å². The van der Waals surface area contributed by atoms with Crippen molar-refractivity contribution < 1.29 is 67.0 Å². The zero-order chi connectivity index (χ0) is 26.6. The number of nitrogens with zero attached hydrogens (tertiary/aromatic N) is 2. The Hall–Kier alpha value is -1.64. The van der Waals surface area contributed by atoms with Gasteiger partial charge in [0.05, 0.1) is 42.3 Å². The van der Waals surface area contributed by atoms with Gasteiger partial charge in [0.25, 0.3) is 0 Å². The van der Waals surface area contributed by atoms with Crippen LogP contribution in [0, 0.1) is 0 Å². The van der Waals surface area contributed by atoms with Crippen LogP contribution in [0.3, 0.4) is 0 Å². The van der Waals surface area contributed by atoms with Crippen LogP contribution >= 0.6 is 0 Å². The number of rotatable bonds is 13. The smallest absolute Gasteiger partial charge is 0.412 e. The molecule has 2 aromatic rings. The van der Waals surface area contributed by atoms with Gasteiger partial charge in [-0.15, -0.1) is 0 Å². The number of quaternary nitrogens is 2. The first-order valence-electron chi connectivity index (χ1n) is 12.7. The molecule has 0 heterocycles. The zero-order valence-electron chi connectivity index (χ0n) is 23.6. The highest BCUT2D eigenvalue weighted by Crippen LogP contribution is 2.23. The summed E-state index contributed by atoms with van der Waals surface area (Å²) in [4.78, 5) is 24.1.